The molecule has 2 saturated heterocycles. The van der Waals surface area contributed by atoms with E-state index in [2.05, 4.69) is 17.1 Å². The molecular formula is C16H29N3O. The van der Waals surface area contributed by atoms with E-state index in [0.717, 1.165) is 45.4 Å². The van der Waals surface area contributed by atoms with Gasteiger partial charge in [-0.2, -0.15) is 0 Å². The molecular weight excluding hydrogens is 250 g/mol. The highest BCUT2D eigenvalue weighted by Crippen LogP contribution is 2.45. The van der Waals surface area contributed by atoms with Gasteiger partial charge in [0.05, 0.1) is 5.41 Å². The maximum atomic E-state index is 13.1. The SMILES string of the molecule is CC(N)C1CCN(C(=O)[C@@]23CCCC[C@H]2CNC3)CC1. The van der Waals surface area contributed by atoms with Crippen molar-refractivity contribution in [2.45, 2.75) is 51.5 Å². The van der Waals surface area contributed by atoms with Crippen LogP contribution in [0.2, 0.25) is 0 Å². The summed E-state index contributed by atoms with van der Waals surface area (Å²) in [5.41, 5.74) is 5.93. The molecule has 0 aromatic heterocycles. The molecule has 4 heteroatoms. The van der Waals surface area contributed by atoms with Crippen LogP contribution in [0.15, 0.2) is 0 Å². The minimum atomic E-state index is -0.0700. The van der Waals surface area contributed by atoms with E-state index in [-0.39, 0.29) is 11.5 Å². The molecule has 2 aliphatic heterocycles. The number of carbonyl (C=O) groups is 1. The molecule has 2 heterocycles. The predicted molar refractivity (Wildman–Crippen MR) is 80.2 cm³/mol. The first kappa shape index (κ1) is 14.3. The maximum Gasteiger partial charge on any atom is 0.230 e. The van der Waals surface area contributed by atoms with Gasteiger partial charge >= 0.3 is 0 Å². The molecule has 3 rings (SSSR count). The van der Waals surface area contributed by atoms with Crippen molar-refractivity contribution in [1.29, 1.82) is 0 Å². The summed E-state index contributed by atoms with van der Waals surface area (Å²) < 4.78 is 0. The third-order valence-electron chi connectivity index (χ3n) is 6.03. The van der Waals surface area contributed by atoms with E-state index in [1.54, 1.807) is 0 Å². The molecule has 0 aromatic carbocycles. The molecule has 0 bridgehead atoms. The van der Waals surface area contributed by atoms with Gasteiger partial charge in [-0.15, -0.1) is 0 Å². The quantitative estimate of drug-likeness (QED) is 0.802. The lowest BCUT2D eigenvalue weighted by Crippen LogP contribution is -2.52. The van der Waals surface area contributed by atoms with Crippen LogP contribution in [-0.2, 0) is 4.79 Å². The van der Waals surface area contributed by atoms with Crippen molar-refractivity contribution in [3.8, 4) is 0 Å². The highest BCUT2D eigenvalue weighted by Gasteiger charge is 2.51. The zero-order valence-electron chi connectivity index (χ0n) is 12.7. The lowest BCUT2D eigenvalue weighted by atomic mass is 9.67. The van der Waals surface area contributed by atoms with E-state index < -0.39 is 0 Å². The fraction of sp³-hybridized carbons (Fsp3) is 0.938. The van der Waals surface area contributed by atoms with E-state index in [4.69, 9.17) is 5.73 Å². The zero-order chi connectivity index (χ0) is 14.2. The number of hydrogen-bond acceptors (Lipinski definition) is 3. The van der Waals surface area contributed by atoms with E-state index in [0.29, 0.717) is 17.7 Å². The van der Waals surface area contributed by atoms with Crippen molar-refractivity contribution in [2.24, 2.45) is 23.0 Å². The molecule has 0 radical (unpaired) electrons. The molecule has 1 amide bonds. The van der Waals surface area contributed by atoms with Crippen molar-refractivity contribution in [2.75, 3.05) is 26.2 Å². The van der Waals surface area contributed by atoms with E-state index >= 15 is 0 Å². The Kier molecular flexibility index (Phi) is 4.04. The summed E-state index contributed by atoms with van der Waals surface area (Å²) in [6, 6.07) is 0.265. The minimum absolute atomic E-state index is 0.0700. The van der Waals surface area contributed by atoms with Crippen LogP contribution in [0.25, 0.3) is 0 Å². The van der Waals surface area contributed by atoms with Crippen LogP contribution in [0.4, 0.5) is 0 Å². The van der Waals surface area contributed by atoms with Gasteiger partial charge in [0, 0.05) is 25.7 Å². The lowest BCUT2D eigenvalue weighted by molar-refractivity contribution is -0.147. The number of hydrogen-bond donors (Lipinski definition) is 2. The van der Waals surface area contributed by atoms with E-state index in [1.165, 1.54) is 19.3 Å². The molecule has 0 aromatic rings. The van der Waals surface area contributed by atoms with Crippen LogP contribution < -0.4 is 11.1 Å². The average molecular weight is 279 g/mol. The van der Waals surface area contributed by atoms with Crippen molar-refractivity contribution < 1.29 is 4.79 Å². The van der Waals surface area contributed by atoms with Gasteiger partial charge in [-0.25, -0.2) is 0 Å². The number of carbonyl (C=O) groups excluding carboxylic acids is 1. The Morgan fingerprint density at radius 1 is 1.30 bits per heavy atom. The summed E-state index contributed by atoms with van der Waals surface area (Å²) in [6.07, 6.45) is 7.01. The van der Waals surface area contributed by atoms with Crippen molar-refractivity contribution in [3.63, 3.8) is 0 Å². The van der Waals surface area contributed by atoms with E-state index in [1.807, 2.05) is 0 Å². The molecule has 1 saturated carbocycles. The Morgan fingerprint density at radius 2 is 2.05 bits per heavy atom. The summed E-state index contributed by atoms with van der Waals surface area (Å²) in [5.74, 6) is 1.62. The number of nitrogens with zero attached hydrogens (tertiary/aromatic N) is 1. The number of likely N-dealkylation sites (tertiary alicyclic amines) is 1. The van der Waals surface area contributed by atoms with E-state index in [9.17, 15) is 4.79 Å². The molecule has 1 aliphatic carbocycles. The number of rotatable bonds is 2. The fourth-order valence-corrected chi connectivity index (χ4v) is 4.61. The second-order valence-electron chi connectivity index (χ2n) is 7.22. The maximum absolute atomic E-state index is 13.1. The van der Waals surface area contributed by atoms with Gasteiger partial charge in [0.25, 0.3) is 0 Å². The molecule has 114 valence electrons. The highest BCUT2D eigenvalue weighted by molar-refractivity contribution is 5.84. The molecule has 3 N–H and O–H groups in total. The monoisotopic (exact) mass is 279 g/mol. The fourth-order valence-electron chi connectivity index (χ4n) is 4.61. The number of piperidine rings is 1. The first-order chi connectivity index (χ1) is 9.63. The largest absolute Gasteiger partial charge is 0.342 e. The Labute approximate surface area is 122 Å². The van der Waals surface area contributed by atoms with Crippen LogP contribution in [0, 0.1) is 17.3 Å². The van der Waals surface area contributed by atoms with Crippen LogP contribution in [0.5, 0.6) is 0 Å². The molecule has 4 nitrogen and oxygen atoms in total. The van der Waals surface area contributed by atoms with Crippen LogP contribution in [0.1, 0.15) is 45.4 Å². The Hall–Kier alpha value is -0.610. The van der Waals surface area contributed by atoms with Gasteiger partial charge in [0.2, 0.25) is 5.91 Å². The Balaban J connectivity index is 1.67. The number of amides is 1. The van der Waals surface area contributed by atoms with Crippen LogP contribution >= 0.6 is 0 Å². The zero-order valence-corrected chi connectivity index (χ0v) is 12.7. The van der Waals surface area contributed by atoms with Crippen molar-refractivity contribution >= 4 is 5.91 Å². The van der Waals surface area contributed by atoms with Crippen LogP contribution in [-0.4, -0.2) is 43.0 Å². The molecule has 3 atom stereocenters. The second-order valence-corrected chi connectivity index (χ2v) is 7.22. The van der Waals surface area contributed by atoms with Crippen LogP contribution in [0.3, 0.4) is 0 Å². The third-order valence-corrected chi connectivity index (χ3v) is 6.03. The average Bonchev–Trinajstić information content (AvgIpc) is 2.91. The van der Waals surface area contributed by atoms with Gasteiger partial charge in [-0.05, 0) is 51.0 Å². The first-order valence-corrected chi connectivity index (χ1v) is 8.39. The van der Waals surface area contributed by atoms with Gasteiger partial charge in [0.15, 0.2) is 0 Å². The topological polar surface area (TPSA) is 58.4 Å². The minimum Gasteiger partial charge on any atom is -0.342 e. The van der Waals surface area contributed by atoms with Gasteiger partial charge < -0.3 is 16.0 Å². The van der Waals surface area contributed by atoms with Gasteiger partial charge in [0.1, 0.15) is 0 Å². The summed E-state index contributed by atoms with van der Waals surface area (Å²) in [4.78, 5) is 15.2. The summed E-state index contributed by atoms with van der Waals surface area (Å²) in [5, 5.41) is 3.48. The third kappa shape index (κ3) is 2.37. The number of nitrogens with two attached hydrogens (primary N) is 1. The van der Waals surface area contributed by atoms with Crippen molar-refractivity contribution in [1.82, 2.24) is 10.2 Å². The Bertz CT molecular complexity index is 363. The van der Waals surface area contributed by atoms with Crippen molar-refractivity contribution in [3.05, 3.63) is 0 Å². The Morgan fingerprint density at radius 3 is 2.75 bits per heavy atom. The van der Waals surface area contributed by atoms with Gasteiger partial charge in [-0.1, -0.05) is 12.8 Å². The highest BCUT2D eigenvalue weighted by atomic mass is 16.2. The predicted octanol–water partition coefficient (Wildman–Crippen LogP) is 1.35. The molecule has 3 aliphatic rings. The summed E-state index contributed by atoms with van der Waals surface area (Å²) >= 11 is 0. The lowest BCUT2D eigenvalue weighted by Gasteiger charge is -2.43. The smallest absolute Gasteiger partial charge is 0.230 e. The number of fused-ring (bicyclic) bond motifs is 1. The first-order valence-electron chi connectivity index (χ1n) is 8.39. The second kappa shape index (κ2) is 5.64. The van der Waals surface area contributed by atoms with Gasteiger partial charge in [-0.3, -0.25) is 4.79 Å². The molecule has 0 spiro atoms. The molecule has 3 fully saturated rings. The molecule has 20 heavy (non-hydrogen) atoms. The molecule has 1 unspecified atom stereocenters. The summed E-state index contributed by atoms with van der Waals surface area (Å²) in [6.45, 7) is 5.88. The standard InChI is InChI=1S/C16H29N3O/c1-12(17)13-5-8-19(9-6-13)15(20)16-7-3-2-4-14(16)10-18-11-16/h12-14,18H,2-11,17H2,1H3/t12?,14-,16+/m0/s1. The normalized spacial score (nSPS) is 36.7. The number of nitrogens with one attached hydrogen (secondary N) is 1. The summed E-state index contributed by atoms with van der Waals surface area (Å²) in [7, 11) is 0.